The lowest BCUT2D eigenvalue weighted by molar-refractivity contribution is 0.354. The first-order valence-electron chi connectivity index (χ1n) is 4.65. The summed E-state index contributed by atoms with van der Waals surface area (Å²) in [7, 11) is 1.47. The molecule has 13 heavy (non-hydrogen) atoms. The van der Waals surface area contributed by atoms with Crippen LogP contribution in [0.2, 0.25) is 0 Å². The van der Waals surface area contributed by atoms with Gasteiger partial charge in [-0.15, -0.1) is 0 Å². The normalized spacial score (nSPS) is 11.2. The van der Waals surface area contributed by atoms with Gasteiger partial charge in [0.1, 0.15) is 0 Å². The Morgan fingerprint density at radius 2 is 1.77 bits per heavy atom. The molecule has 0 fully saturated rings. The standard InChI is InChI=1S/C7H17NOS.C2H6.CH4/c1-4-8(2)6-5-7-10(3)9;1-2;/h4-7H2,1-3H3;1-2H3;1H4. The summed E-state index contributed by atoms with van der Waals surface area (Å²) >= 11 is 0. The lowest BCUT2D eigenvalue weighted by atomic mass is 10.4. The third-order valence-corrected chi connectivity index (χ3v) is 2.38. The Hall–Kier alpha value is 0.110. The quantitative estimate of drug-likeness (QED) is 0.693. The zero-order valence-electron chi connectivity index (χ0n) is 9.09. The minimum absolute atomic E-state index is 0. The SMILES string of the molecule is C.CC.CCN(C)CCCS(C)=O. The van der Waals surface area contributed by atoms with Gasteiger partial charge in [-0.05, 0) is 26.6 Å². The van der Waals surface area contributed by atoms with E-state index >= 15 is 0 Å². The predicted molar refractivity (Wildman–Crippen MR) is 64.8 cm³/mol. The van der Waals surface area contributed by atoms with Crippen molar-refractivity contribution in [3.05, 3.63) is 0 Å². The predicted octanol–water partition coefficient (Wildman–Crippen LogP) is 2.37. The summed E-state index contributed by atoms with van der Waals surface area (Å²) in [4.78, 5) is 2.23. The van der Waals surface area contributed by atoms with Crippen molar-refractivity contribution in [3.63, 3.8) is 0 Å². The Kier molecular flexibility index (Phi) is 21.2. The fraction of sp³-hybridized carbons (Fsp3) is 1.00. The average molecular weight is 209 g/mol. The zero-order valence-corrected chi connectivity index (χ0v) is 9.91. The smallest absolute Gasteiger partial charge is 0.0244 e. The van der Waals surface area contributed by atoms with Gasteiger partial charge in [-0.3, -0.25) is 4.21 Å². The molecule has 0 saturated carbocycles. The zero-order chi connectivity index (χ0) is 9.98. The van der Waals surface area contributed by atoms with Crippen LogP contribution < -0.4 is 0 Å². The molecule has 0 aliphatic carbocycles. The van der Waals surface area contributed by atoms with Gasteiger partial charge < -0.3 is 4.90 Å². The van der Waals surface area contributed by atoms with E-state index in [4.69, 9.17) is 0 Å². The monoisotopic (exact) mass is 209 g/mol. The Morgan fingerprint density at radius 3 is 2.08 bits per heavy atom. The molecule has 2 nitrogen and oxygen atoms in total. The topological polar surface area (TPSA) is 20.3 Å². The number of hydrogen-bond donors (Lipinski definition) is 0. The highest BCUT2D eigenvalue weighted by Crippen LogP contribution is 1.88. The Labute approximate surface area is 87.2 Å². The van der Waals surface area contributed by atoms with Crippen LogP contribution in [-0.2, 0) is 10.8 Å². The third-order valence-electron chi connectivity index (χ3n) is 1.51. The molecular weight excluding hydrogens is 182 g/mol. The Balaban J connectivity index is -0.000000309. The van der Waals surface area contributed by atoms with Crippen molar-refractivity contribution in [1.29, 1.82) is 0 Å². The fourth-order valence-electron chi connectivity index (χ4n) is 0.696. The maximum Gasteiger partial charge on any atom is 0.0244 e. The summed E-state index contributed by atoms with van der Waals surface area (Å²) in [6, 6.07) is 0. The van der Waals surface area contributed by atoms with Gasteiger partial charge in [-0.2, -0.15) is 0 Å². The molecule has 0 saturated heterocycles. The lowest BCUT2D eigenvalue weighted by Crippen LogP contribution is -2.20. The van der Waals surface area contributed by atoms with Crippen molar-refractivity contribution in [2.45, 2.75) is 34.6 Å². The van der Waals surface area contributed by atoms with Gasteiger partial charge >= 0.3 is 0 Å². The van der Waals surface area contributed by atoms with Gasteiger partial charge in [-0.25, -0.2) is 0 Å². The summed E-state index contributed by atoms with van der Waals surface area (Å²) in [5.74, 6) is 0.838. The maximum absolute atomic E-state index is 10.6. The highest BCUT2D eigenvalue weighted by molar-refractivity contribution is 7.84. The number of rotatable bonds is 5. The van der Waals surface area contributed by atoms with Crippen LogP contribution in [0.5, 0.6) is 0 Å². The van der Waals surface area contributed by atoms with Gasteiger partial charge in [0.25, 0.3) is 0 Å². The highest BCUT2D eigenvalue weighted by atomic mass is 32.2. The summed E-state index contributed by atoms with van der Waals surface area (Å²) in [6.07, 6.45) is 2.80. The molecule has 0 aromatic carbocycles. The molecule has 1 unspecified atom stereocenters. The van der Waals surface area contributed by atoms with Gasteiger partial charge in [-0.1, -0.05) is 28.2 Å². The molecule has 0 bridgehead atoms. The van der Waals surface area contributed by atoms with Crippen LogP contribution in [0.4, 0.5) is 0 Å². The van der Waals surface area contributed by atoms with Crippen molar-refractivity contribution in [2.75, 3.05) is 32.1 Å². The molecule has 0 spiro atoms. The molecule has 0 heterocycles. The molecule has 0 amide bonds. The van der Waals surface area contributed by atoms with E-state index in [1.807, 2.05) is 13.8 Å². The lowest BCUT2D eigenvalue weighted by Gasteiger charge is -2.11. The number of hydrogen-bond acceptors (Lipinski definition) is 2. The van der Waals surface area contributed by atoms with E-state index in [0.717, 1.165) is 25.3 Å². The third kappa shape index (κ3) is 18.8. The molecule has 0 aromatic rings. The molecule has 0 radical (unpaired) electrons. The van der Waals surface area contributed by atoms with Crippen molar-refractivity contribution >= 4 is 10.8 Å². The molecule has 0 aromatic heterocycles. The molecule has 0 N–H and O–H groups in total. The maximum atomic E-state index is 10.6. The molecule has 1 atom stereocenters. The molecule has 0 rings (SSSR count). The van der Waals surface area contributed by atoms with E-state index in [1.165, 1.54) is 0 Å². The second-order valence-corrected chi connectivity index (χ2v) is 4.08. The molecule has 84 valence electrons. The molecule has 0 aliphatic heterocycles. The van der Waals surface area contributed by atoms with Crippen LogP contribution in [0.25, 0.3) is 0 Å². The second kappa shape index (κ2) is 14.6. The van der Waals surface area contributed by atoms with Gasteiger partial charge in [0.05, 0.1) is 0 Å². The van der Waals surface area contributed by atoms with Crippen molar-refractivity contribution in [2.24, 2.45) is 0 Å². The Morgan fingerprint density at radius 1 is 1.31 bits per heavy atom. The first kappa shape index (κ1) is 18.8. The first-order chi connectivity index (χ1) is 5.66. The average Bonchev–Trinajstić information content (AvgIpc) is 2.07. The summed E-state index contributed by atoms with van der Waals surface area (Å²) in [5.41, 5.74) is 0. The van der Waals surface area contributed by atoms with Crippen molar-refractivity contribution in [3.8, 4) is 0 Å². The van der Waals surface area contributed by atoms with Crippen LogP contribution in [0.3, 0.4) is 0 Å². The van der Waals surface area contributed by atoms with Gasteiger partial charge in [0.15, 0.2) is 0 Å². The first-order valence-corrected chi connectivity index (χ1v) is 6.38. The largest absolute Gasteiger partial charge is 0.307 e. The molecule has 3 heteroatoms. The van der Waals surface area contributed by atoms with E-state index in [-0.39, 0.29) is 7.43 Å². The molecular formula is C10H27NOS. The van der Waals surface area contributed by atoms with E-state index < -0.39 is 10.8 Å². The summed E-state index contributed by atoms with van der Waals surface area (Å²) < 4.78 is 10.6. The minimum atomic E-state index is -0.611. The van der Waals surface area contributed by atoms with Crippen LogP contribution in [0.15, 0.2) is 0 Å². The second-order valence-electron chi connectivity index (χ2n) is 2.53. The van der Waals surface area contributed by atoms with Crippen LogP contribution >= 0.6 is 0 Å². The van der Waals surface area contributed by atoms with Crippen molar-refractivity contribution in [1.82, 2.24) is 4.90 Å². The van der Waals surface area contributed by atoms with Crippen LogP contribution in [0.1, 0.15) is 34.6 Å². The molecule has 0 aliphatic rings. The highest BCUT2D eigenvalue weighted by Gasteiger charge is 1.94. The van der Waals surface area contributed by atoms with Crippen LogP contribution in [-0.4, -0.2) is 41.3 Å². The van der Waals surface area contributed by atoms with Crippen LogP contribution in [0, 0.1) is 0 Å². The van der Waals surface area contributed by atoms with Gasteiger partial charge in [0.2, 0.25) is 0 Å². The van der Waals surface area contributed by atoms with E-state index in [1.54, 1.807) is 6.26 Å². The van der Waals surface area contributed by atoms with E-state index in [2.05, 4.69) is 18.9 Å². The van der Waals surface area contributed by atoms with Gasteiger partial charge in [0, 0.05) is 22.8 Å². The fourth-order valence-corrected chi connectivity index (χ4v) is 1.23. The summed E-state index contributed by atoms with van der Waals surface area (Å²) in [5, 5.41) is 0. The van der Waals surface area contributed by atoms with E-state index in [0.29, 0.717) is 0 Å². The van der Waals surface area contributed by atoms with E-state index in [9.17, 15) is 4.21 Å². The Bertz CT molecular complexity index is 107. The summed E-state index contributed by atoms with van der Waals surface area (Å²) in [6.45, 7) is 8.27. The minimum Gasteiger partial charge on any atom is -0.307 e. The van der Waals surface area contributed by atoms with Crippen molar-refractivity contribution < 1.29 is 4.21 Å². The number of nitrogens with zero attached hydrogens (tertiary/aromatic N) is 1.